The highest BCUT2D eigenvalue weighted by molar-refractivity contribution is 7.93. The molecule has 3 aromatic heterocycles. The first-order valence-corrected chi connectivity index (χ1v) is 15.7. The van der Waals surface area contributed by atoms with Gasteiger partial charge in [0.05, 0.1) is 55.0 Å². The first-order chi connectivity index (χ1) is 21.2. The van der Waals surface area contributed by atoms with Crippen LogP contribution in [0.4, 0.5) is 15.9 Å². The molecule has 1 amide bonds. The molecule has 1 fully saturated rings. The van der Waals surface area contributed by atoms with Gasteiger partial charge in [-0.25, -0.2) is 22.8 Å². The highest BCUT2D eigenvalue weighted by Crippen LogP contribution is 2.37. The van der Waals surface area contributed by atoms with Crippen LogP contribution in [-0.2, 0) is 27.0 Å². The van der Waals surface area contributed by atoms with Gasteiger partial charge in [-0.05, 0) is 68.1 Å². The maximum absolute atomic E-state index is 16.5. The van der Waals surface area contributed by atoms with Gasteiger partial charge >= 0.3 is 0 Å². The highest BCUT2D eigenvalue weighted by Gasteiger charge is 2.43. The van der Waals surface area contributed by atoms with Crippen molar-refractivity contribution in [3.05, 3.63) is 84.6 Å². The summed E-state index contributed by atoms with van der Waals surface area (Å²) < 4.78 is 55.3. The van der Waals surface area contributed by atoms with Gasteiger partial charge in [-0.3, -0.25) is 19.1 Å². The van der Waals surface area contributed by atoms with Crippen molar-refractivity contribution in [3.8, 4) is 22.9 Å². The second-order valence-corrected chi connectivity index (χ2v) is 12.4. The van der Waals surface area contributed by atoms with Crippen LogP contribution in [0.2, 0.25) is 0 Å². The molecule has 13 heteroatoms. The molecule has 1 unspecified atom stereocenters. The van der Waals surface area contributed by atoms with Crippen LogP contribution in [-0.4, -0.2) is 53.2 Å². The Hall–Kier alpha value is -4.65. The van der Waals surface area contributed by atoms with E-state index in [2.05, 4.69) is 25.3 Å². The number of nitrogens with zero attached hydrogens (tertiary/aromatic N) is 5. The zero-order valence-electron chi connectivity index (χ0n) is 24.6. The van der Waals surface area contributed by atoms with Crippen LogP contribution in [0.5, 0.6) is 11.6 Å². The minimum Gasteiger partial charge on any atom is -0.497 e. The number of aromatic nitrogens is 4. The van der Waals surface area contributed by atoms with Crippen molar-refractivity contribution in [3.63, 3.8) is 0 Å². The molecule has 4 aromatic rings. The molecule has 0 saturated heterocycles. The van der Waals surface area contributed by atoms with Gasteiger partial charge in [-0.1, -0.05) is 19.1 Å². The molecule has 0 radical (unpaired) electrons. The lowest BCUT2D eigenvalue weighted by atomic mass is 9.96. The Bertz CT molecular complexity index is 1720. The van der Waals surface area contributed by atoms with Crippen molar-refractivity contribution >= 4 is 27.4 Å². The Labute approximate surface area is 255 Å². The van der Waals surface area contributed by atoms with Crippen molar-refractivity contribution in [1.82, 2.24) is 19.9 Å². The molecule has 0 bridgehead atoms. The molecule has 1 aromatic carbocycles. The number of halogens is 1. The molecule has 1 aliphatic carbocycles. The van der Waals surface area contributed by atoms with E-state index >= 15 is 4.39 Å². The molecular formula is C31H33FN6O5S. The molecular weight excluding hydrogens is 587 g/mol. The molecule has 1 atom stereocenters. The summed E-state index contributed by atoms with van der Waals surface area (Å²) in [5, 5.41) is 2.02. The van der Waals surface area contributed by atoms with Gasteiger partial charge in [0.25, 0.3) is 5.91 Å². The number of ether oxygens (including phenoxy) is 2. The van der Waals surface area contributed by atoms with Crippen molar-refractivity contribution < 1.29 is 27.1 Å². The Kier molecular flexibility index (Phi) is 9.04. The number of anilines is 2. The zero-order chi connectivity index (χ0) is 31.3. The highest BCUT2D eigenvalue weighted by atomic mass is 32.2. The summed E-state index contributed by atoms with van der Waals surface area (Å²) in [5.41, 5.74) is -0.682. The average molecular weight is 621 g/mol. The monoisotopic (exact) mass is 620 g/mol. The van der Waals surface area contributed by atoms with E-state index in [1.165, 1.54) is 48.0 Å². The van der Waals surface area contributed by atoms with E-state index < -0.39 is 26.8 Å². The number of carbonyl (C=O) groups excluding carboxylic acids is 1. The summed E-state index contributed by atoms with van der Waals surface area (Å²) in [6.07, 6.45) is 6.72. The van der Waals surface area contributed by atoms with Crippen molar-refractivity contribution in [2.75, 3.05) is 23.3 Å². The maximum Gasteiger partial charge on any atom is 0.269 e. The first kappa shape index (κ1) is 30.8. The SMILES string of the molecule is CCOc1cncc(-c2ccc(NC(=O)C(F)(CC)c3cc(N(Cc4ccc(OC)cc4)S(=O)(=O)C4CC4)ccn3)nc2)n1. The summed E-state index contributed by atoms with van der Waals surface area (Å²) in [7, 11) is -2.19. The van der Waals surface area contributed by atoms with Crippen molar-refractivity contribution in [1.29, 1.82) is 0 Å². The second kappa shape index (κ2) is 12.9. The number of sulfonamides is 1. The fraction of sp³-hybridized carbons (Fsp3) is 0.323. The fourth-order valence-corrected chi connectivity index (χ4v) is 6.39. The third kappa shape index (κ3) is 6.62. The largest absolute Gasteiger partial charge is 0.497 e. The van der Waals surface area contributed by atoms with E-state index in [-0.39, 0.29) is 30.2 Å². The van der Waals surface area contributed by atoms with E-state index in [4.69, 9.17) is 9.47 Å². The molecule has 230 valence electrons. The van der Waals surface area contributed by atoms with Gasteiger partial charge in [-0.2, -0.15) is 0 Å². The Morgan fingerprint density at radius 3 is 2.48 bits per heavy atom. The molecule has 1 aliphatic rings. The lowest BCUT2D eigenvalue weighted by Gasteiger charge is -2.27. The van der Waals surface area contributed by atoms with Gasteiger partial charge in [-0.15, -0.1) is 0 Å². The first-order valence-electron chi connectivity index (χ1n) is 14.2. The third-order valence-electron chi connectivity index (χ3n) is 7.23. The van der Waals surface area contributed by atoms with Crippen LogP contribution in [0.25, 0.3) is 11.3 Å². The summed E-state index contributed by atoms with van der Waals surface area (Å²) in [6.45, 7) is 3.83. The predicted molar refractivity (Wildman–Crippen MR) is 163 cm³/mol. The standard InChI is InChI=1S/C31H33FN6O5S/c1-4-31(32,30(39)37-28-13-8-22(17-35-28)26-18-33-19-29(36-26)43-5-2)27-16-23(14-15-34-27)38(44(40,41)25-11-12-25)20-21-6-9-24(42-3)10-7-21/h6-10,13-19,25H,4-5,11-12,20H2,1-3H3,(H,35,37,39). The summed E-state index contributed by atoms with van der Waals surface area (Å²) in [5.74, 6) is 0.155. The van der Waals surface area contributed by atoms with Crippen LogP contribution >= 0.6 is 0 Å². The van der Waals surface area contributed by atoms with Crippen LogP contribution in [0.3, 0.4) is 0 Å². The lowest BCUT2D eigenvalue weighted by molar-refractivity contribution is -0.128. The number of hydrogen-bond acceptors (Lipinski definition) is 9. The molecule has 44 heavy (non-hydrogen) atoms. The maximum atomic E-state index is 16.5. The van der Waals surface area contributed by atoms with Crippen molar-refractivity contribution in [2.45, 2.75) is 50.6 Å². The van der Waals surface area contributed by atoms with Crippen molar-refractivity contribution in [2.24, 2.45) is 0 Å². The van der Waals surface area contributed by atoms with E-state index in [0.29, 0.717) is 42.3 Å². The number of pyridine rings is 2. The van der Waals surface area contributed by atoms with Crippen LogP contribution in [0, 0.1) is 0 Å². The predicted octanol–water partition coefficient (Wildman–Crippen LogP) is 5.05. The number of carbonyl (C=O) groups is 1. The van der Waals surface area contributed by atoms with E-state index in [1.54, 1.807) is 43.6 Å². The Morgan fingerprint density at radius 1 is 1.07 bits per heavy atom. The Balaban J connectivity index is 1.38. The number of rotatable bonds is 13. The minimum absolute atomic E-state index is 0.0258. The quantitative estimate of drug-likeness (QED) is 0.218. The topological polar surface area (TPSA) is 136 Å². The normalized spacial score (nSPS) is 14.4. The van der Waals surface area contributed by atoms with Gasteiger partial charge in [0.2, 0.25) is 21.6 Å². The smallest absolute Gasteiger partial charge is 0.269 e. The lowest BCUT2D eigenvalue weighted by Crippen LogP contribution is -2.38. The van der Waals surface area contributed by atoms with Gasteiger partial charge in [0.15, 0.2) is 0 Å². The van der Waals surface area contributed by atoms with Crippen LogP contribution < -0.4 is 19.1 Å². The van der Waals surface area contributed by atoms with E-state index in [9.17, 15) is 13.2 Å². The fourth-order valence-electron chi connectivity index (χ4n) is 4.56. The summed E-state index contributed by atoms with van der Waals surface area (Å²) in [6, 6.07) is 13.1. The van der Waals surface area contributed by atoms with Gasteiger partial charge < -0.3 is 14.8 Å². The van der Waals surface area contributed by atoms with Gasteiger partial charge in [0.1, 0.15) is 11.6 Å². The summed E-state index contributed by atoms with van der Waals surface area (Å²) >= 11 is 0. The molecule has 0 aliphatic heterocycles. The Morgan fingerprint density at radius 2 is 1.84 bits per heavy atom. The summed E-state index contributed by atoms with van der Waals surface area (Å²) in [4.78, 5) is 30.2. The van der Waals surface area contributed by atoms with Crippen LogP contribution in [0.1, 0.15) is 44.4 Å². The number of amides is 1. The molecule has 3 heterocycles. The number of nitrogens with one attached hydrogen (secondary N) is 1. The molecule has 1 N–H and O–H groups in total. The van der Waals surface area contributed by atoms with E-state index in [1.807, 2.05) is 6.92 Å². The molecule has 5 rings (SSSR count). The number of methoxy groups -OCH3 is 1. The molecule has 0 spiro atoms. The number of benzene rings is 1. The third-order valence-corrected chi connectivity index (χ3v) is 9.50. The molecule has 1 saturated carbocycles. The van der Waals surface area contributed by atoms with Gasteiger partial charge in [0, 0.05) is 18.0 Å². The minimum atomic E-state index is -3.74. The average Bonchev–Trinajstić information content (AvgIpc) is 3.91. The number of hydrogen-bond donors (Lipinski definition) is 1. The zero-order valence-corrected chi connectivity index (χ0v) is 25.4. The second-order valence-electron chi connectivity index (χ2n) is 10.2. The molecule has 11 nitrogen and oxygen atoms in total. The number of alkyl halides is 1. The van der Waals surface area contributed by atoms with Crippen LogP contribution in [0.15, 0.2) is 73.3 Å². The van der Waals surface area contributed by atoms with E-state index in [0.717, 1.165) is 5.56 Å².